The molecule has 23 heavy (non-hydrogen) atoms. The molecule has 0 saturated heterocycles. The van der Waals surface area contributed by atoms with Gasteiger partial charge in [-0.05, 0) is 24.3 Å². The fourth-order valence-electron chi connectivity index (χ4n) is 1.74. The summed E-state index contributed by atoms with van der Waals surface area (Å²) < 4.78 is 14.6. The summed E-state index contributed by atoms with van der Waals surface area (Å²) in [6.07, 6.45) is 3.98. The number of hydrogen-bond acceptors (Lipinski definition) is 5. The molecule has 7 heteroatoms. The third-order valence-corrected chi connectivity index (χ3v) is 3.53. The smallest absolute Gasteiger partial charge is 0.374 e. The molecule has 0 aliphatic carbocycles. The number of carbonyl (C=O) groups is 2. The molecule has 5 nitrogen and oxygen atoms in total. The molecule has 0 radical (unpaired) electrons. The van der Waals surface area contributed by atoms with Crippen LogP contribution in [0, 0.1) is 0 Å². The summed E-state index contributed by atoms with van der Waals surface area (Å²) in [5.74, 6) is -1.25. The van der Waals surface area contributed by atoms with E-state index in [2.05, 4.69) is 4.74 Å². The summed E-state index contributed by atoms with van der Waals surface area (Å²) in [6, 6.07) is 6.54. The maximum atomic E-state index is 11.7. The second-order valence-electron chi connectivity index (χ2n) is 4.34. The molecule has 0 saturated carbocycles. The molecular formula is C16H12Cl2O5. The molecule has 0 atom stereocenters. The van der Waals surface area contributed by atoms with Gasteiger partial charge in [-0.3, -0.25) is 0 Å². The van der Waals surface area contributed by atoms with Crippen molar-refractivity contribution in [2.75, 3.05) is 7.11 Å². The van der Waals surface area contributed by atoms with E-state index in [0.29, 0.717) is 21.2 Å². The van der Waals surface area contributed by atoms with E-state index in [0.717, 1.165) is 0 Å². The zero-order valence-corrected chi connectivity index (χ0v) is 13.6. The lowest BCUT2D eigenvalue weighted by molar-refractivity contribution is -0.138. The molecule has 0 bridgehead atoms. The number of furan rings is 1. The molecule has 0 aliphatic heterocycles. The van der Waals surface area contributed by atoms with Crippen LogP contribution in [-0.4, -0.2) is 19.0 Å². The zero-order chi connectivity index (χ0) is 16.8. The lowest BCUT2D eigenvalue weighted by atomic mass is 10.2. The van der Waals surface area contributed by atoms with E-state index < -0.39 is 11.9 Å². The van der Waals surface area contributed by atoms with Crippen LogP contribution in [0.1, 0.15) is 21.7 Å². The van der Waals surface area contributed by atoms with Crippen molar-refractivity contribution in [2.45, 2.75) is 6.61 Å². The summed E-state index contributed by atoms with van der Waals surface area (Å²) in [7, 11) is 1.23. The number of rotatable bonds is 5. The van der Waals surface area contributed by atoms with Gasteiger partial charge in [-0.25, -0.2) is 9.59 Å². The molecule has 0 N–H and O–H groups in total. The number of benzene rings is 1. The van der Waals surface area contributed by atoms with Crippen molar-refractivity contribution < 1.29 is 23.5 Å². The highest BCUT2D eigenvalue weighted by Gasteiger charge is 2.16. The van der Waals surface area contributed by atoms with Gasteiger partial charge in [0.15, 0.2) is 0 Å². The lowest BCUT2D eigenvalue weighted by Gasteiger charge is -2.03. The Morgan fingerprint density at radius 2 is 1.91 bits per heavy atom. The molecule has 1 heterocycles. The van der Waals surface area contributed by atoms with Crippen LogP contribution < -0.4 is 0 Å². The molecule has 0 spiro atoms. The van der Waals surface area contributed by atoms with Crippen LogP contribution in [0.25, 0.3) is 6.08 Å². The van der Waals surface area contributed by atoms with Crippen LogP contribution >= 0.6 is 23.2 Å². The highest BCUT2D eigenvalue weighted by atomic mass is 35.5. The minimum atomic E-state index is -0.639. The van der Waals surface area contributed by atoms with Gasteiger partial charge in [-0.1, -0.05) is 29.3 Å². The van der Waals surface area contributed by atoms with Crippen LogP contribution in [0.4, 0.5) is 0 Å². The van der Waals surface area contributed by atoms with Crippen LogP contribution in [0.15, 0.2) is 41.0 Å². The Bertz CT molecular complexity index is 728. The van der Waals surface area contributed by atoms with E-state index in [1.165, 1.54) is 31.6 Å². The molecule has 0 amide bonds. The third-order valence-electron chi connectivity index (χ3n) is 2.87. The first-order valence-corrected chi connectivity index (χ1v) is 7.22. The van der Waals surface area contributed by atoms with E-state index in [9.17, 15) is 9.59 Å². The number of esters is 2. The van der Waals surface area contributed by atoms with Crippen molar-refractivity contribution in [1.82, 2.24) is 0 Å². The second-order valence-corrected chi connectivity index (χ2v) is 5.16. The highest BCUT2D eigenvalue weighted by Crippen LogP contribution is 2.25. The van der Waals surface area contributed by atoms with Gasteiger partial charge >= 0.3 is 11.9 Å². The number of ether oxygens (including phenoxy) is 2. The number of halogens is 2. The maximum absolute atomic E-state index is 11.7. The molecule has 120 valence electrons. The Kier molecular flexibility index (Phi) is 5.84. The minimum absolute atomic E-state index is 0.00146. The van der Waals surface area contributed by atoms with Crippen molar-refractivity contribution in [1.29, 1.82) is 0 Å². The average Bonchev–Trinajstić information content (AvgIpc) is 3.00. The highest BCUT2D eigenvalue weighted by molar-refractivity contribution is 6.37. The molecule has 0 unspecified atom stereocenters. The summed E-state index contributed by atoms with van der Waals surface area (Å²) in [4.78, 5) is 23.2. The van der Waals surface area contributed by atoms with Gasteiger partial charge in [0, 0.05) is 27.2 Å². The Balaban J connectivity index is 2.00. The fraction of sp³-hybridized carbons (Fsp3) is 0.125. The third kappa shape index (κ3) is 4.37. The molecule has 1 aromatic heterocycles. The van der Waals surface area contributed by atoms with Crippen molar-refractivity contribution in [3.8, 4) is 0 Å². The molecule has 2 aromatic rings. The van der Waals surface area contributed by atoms with Gasteiger partial charge in [0.05, 0.1) is 13.4 Å². The summed E-state index contributed by atoms with van der Waals surface area (Å²) >= 11 is 12.0. The maximum Gasteiger partial charge on any atom is 0.374 e. The largest absolute Gasteiger partial charge is 0.463 e. The lowest BCUT2D eigenvalue weighted by Crippen LogP contribution is -2.06. The number of carbonyl (C=O) groups excluding carboxylic acids is 2. The fourth-order valence-corrected chi connectivity index (χ4v) is 2.26. The second kappa shape index (κ2) is 7.85. The SMILES string of the molecule is COC(=O)c1occc1COC(=O)/C=C/c1c(Cl)cccc1Cl. The minimum Gasteiger partial charge on any atom is -0.463 e. The van der Waals surface area contributed by atoms with Gasteiger partial charge in [0.25, 0.3) is 0 Å². The van der Waals surface area contributed by atoms with Crippen molar-refractivity contribution in [3.63, 3.8) is 0 Å². The van der Waals surface area contributed by atoms with Crippen molar-refractivity contribution >= 4 is 41.2 Å². The van der Waals surface area contributed by atoms with E-state index in [4.69, 9.17) is 32.4 Å². The van der Waals surface area contributed by atoms with Gasteiger partial charge in [-0.2, -0.15) is 0 Å². The summed E-state index contributed by atoms with van der Waals surface area (Å²) in [5, 5.41) is 0.841. The number of methoxy groups -OCH3 is 1. The normalized spacial score (nSPS) is 10.7. The van der Waals surface area contributed by atoms with E-state index in [-0.39, 0.29) is 12.4 Å². The van der Waals surface area contributed by atoms with Gasteiger partial charge in [0.2, 0.25) is 5.76 Å². The Hall–Kier alpha value is -2.24. The van der Waals surface area contributed by atoms with Gasteiger partial charge in [0.1, 0.15) is 6.61 Å². The first-order valence-electron chi connectivity index (χ1n) is 6.46. The number of hydrogen-bond donors (Lipinski definition) is 0. The molecule has 1 aromatic carbocycles. The first-order chi connectivity index (χ1) is 11.0. The predicted molar refractivity (Wildman–Crippen MR) is 85.3 cm³/mol. The van der Waals surface area contributed by atoms with Crippen LogP contribution in [0.3, 0.4) is 0 Å². The predicted octanol–water partition coefficient (Wildman–Crippen LogP) is 4.13. The Morgan fingerprint density at radius 1 is 1.22 bits per heavy atom. The molecule has 0 aliphatic rings. The summed E-state index contributed by atoms with van der Waals surface area (Å²) in [6.45, 7) is -0.125. The van der Waals surface area contributed by atoms with Crippen LogP contribution in [0.2, 0.25) is 10.0 Å². The van der Waals surface area contributed by atoms with E-state index in [1.807, 2.05) is 0 Å². The Morgan fingerprint density at radius 3 is 2.57 bits per heavy atom. The molecular weight excluding hydrogens is 343 g/mol. The van der Waals surface area contributed by atoms with Crippen LogP contribution in [-0.2, 0) is 20.9 Å². The van der Waals surface area contributed by atoms with E-state index in [1.54, 1.807) is 18.2 Å². The van der Waals surface area contributed by atoms with Gasteiger partial charge < -0.3 is 13.9 Å². The van der Waals surface area contributed by atoms with Crippen molar-refractivity contribution in [2.24, 2.45) is 0 Å². The van der Waals surface area contributed by atoms with Gasteiger partial charge in [-0.15, -0.1) is 0 Å². The van der Waals surface area contributed by atoms with E-state index >= 15 is 0 Å². The molecule has 2 rings (SSSR count). The first kappa shape index (κ1) is 17.1. The standard InChI is InChI=1S/C16H12Cl2O5/c1-21-16(20)15-10(7-8-22-15)9-23-14(19)6-5-11-12(17)3-2-4-13(11)18/h2-8H,9H2,1H3/b6-5+. The Labute approximate surface area is 142 Å². The average molecular weight is 355 g/mol. The zero-order valence-electron chi connectivity index (χ0n) is 12.0. The molecule has 0 fully saturated rings. The van der Waals surface area contributed by atoms with Crippen molar-refractivity contribution in [3.05, 3.63) is 63.5 Å². The topological polar surface area (TPSA) is 65.7 Å². The quantitative estimate of drug-likeness (QED) is 0.596. The summed E-state index contributed by atoms with van der Waals surface area (Å²) in [5.41, 5.74) is 0.931. The van der Waals surface area contributed by atoms with Crippen LogP contribution in [0.5, 0.6) is 0 Å². The monoisotopic (exact) mass is 354 g/mol.